The van der Waals surface area contributed by atoms with E-state index in [0.717, 1.165) is 0 Å². The van der Waals surface area contributed by atoms with Gasteiger partial charge in [-0.15, -0.1) is 0 Å². The fraction of sp³-hybridized carbons (Fsp3) is 0.667. The zero-order valence-electron chi connectivity index (χ0n) is 11.9. The summed E-state index contributed by atoms with van der Waals surface area (Å²) < 4.78 is 28.3. The standard InChI is InChI=1S/C12H20N4O3S/c1-4-15-8-12(13-10(15)3)20(18,19)16-6-5-11(14-17)9(2)7-16/h8-9,17H,4-7H2,1-3H3/b14-11-. The monoisotopic (exact) mass is 300 g/mol. The summed E-state index contributed by atoms with van der Waals surface area (Å²) in [6, 6.07) is 0. The maximum absolute atomic E-state index is 12.6. The van der Waals surface area contributed by atoms with Gasteiger partial charge in [-0.2, -0.15) is 4.31 Å². The van der Waals surface area contributed by atoms with Gasteiger partial charge in [0.1, 0.15) is 5.82 Å². The molecule has 0 radical (unpaired) electrons. The number of aromatic nitrogens is 2. The fourth-order valence-electron chi connectivity index (χ4n) is 2.41. The molecule has 0 amide bonds. The number of imidazole rings is 1. The van der Waals surface area contributed by atoms with Crippen LogP contribution in [-0.4, -0.2) is 46.3 Å². The minimum absolute atomic E-state index is 0.0853. The van der Waals surface area contributed by atoms with Crippen molar-refractivity contribution in [3.63, 3.8) is 0 Å². The number of hydrogen-bond donors (Lipinski definition) is 1. The molecule has 2 rings (SSSR count). The highest BCUT2D eigenvalue weighted by Crippen LogP contribution is 2.22. The fourth-order valence-corrected chi connectivity index (χ4v) is 3.93. The first-order valence-corrected chi connectivity index (χ1v) is 8.09. The molecule has 0 saturated carbocycles. The number of nitrogens with zero attached hydrogens (tertiary/aromatic N) is 4. The molecule has 1 N–H and O–H groups in total. The quantitative estimate of drug-likeness (QED) is 0.668. The lowest BCUT2D eigenvalue weighted by Gasteiger charge is -2.29. The molecule has 0 spiro atoms. The van der Waals surface area contributed by atoms with Gasteiger partial charge in [0.15, 0.2) is 5.03 Å². The Morgan fingerprint density at radius 2 is 2.25 bits per heavy atom. The van der Waals surface area contributed by atoms with Crippen molar-refractivity contribution in [1.82, 2.24) is 13.9 Å². The van der Waals surface area contributed by atoms with Gasteiger partial charge in [0.2, 0.25) is 0 Å². The SMILES string of the molecule is CCn1cc(S(=O)(=O)N2CC/C(=N/O)C(C)C2)nc1C. The molecule has 20 heavy (non-hydrogen) atoms. The van der Waals surface area contributed by atoms with E-state index in [0.29, 0.717) is 37.6 Å². The van der Waals surface area contributed by atoms with E-state index in [1.807, 2.05) is 13.8 Å². The van der Waals surface area contributed by atoms with Crippen LogP contribution >= 0.6 is 0 Å². The molecular weight excluding hydrogens is 280 g/mol. The second kappa shape index (κ2) is 5.53. The van der Waals surface area contributed by atoms with E-state index in [9.17, 15) is 8.42 Å². The third-order valence-electron chi connectivity index (χ3n) is 3.69. The van der Waals surface area contributed by atoms with Crippen LogP contribution in [0, 0.1) is 12.8 Å². The highest BCUT2D eigenvalue weighted by Gasteiger charge is 2.33. The number of aryl methyl sites for hydroxylation is 2. The maximum Gasteiger partial charge on any atom is 0.262 e. The summed E-state index contributed by atoms with van der Waals surface area (Å²) in [5.41, 5.74) is 0.645. The summed E-state index contributed by atoms with van der Waals surface area (Å²) in [5.74, 6) is 0.603. The Kier molecular flexibility index (Phi) is 4.14. The number of oxime groups is 1. The second-order valence-corrected chi connectivity index (χ2v) is 6.90. The smallest absolute Gasteiger partial charge is 0.262 e. The largest absolute Gasteiger partial charge is 0.411 e. The molecule has 1 fully saturated rings. The highest BCUT2D eigenvalue weighted by molar-refractivity contribution is 7.89. The Labute approximate surface area is 119 Å². The van der Waals surface area contributed by atoms with E-state index >= 15 is 0 Å². The average Bonchev–Trinajstić information content (AvgIpc) is 2.80. The summed E-state index contributed by atoms with van der Waals surface area (Å²) in [6.45, 7) is 6.92. The Morgan fingerprint density at radius 1 is 1.55 bits per heavy atom. The van der Waals surface area contributed by atoms with Crippen LogP contribution < -0.4 is 0 Å². The van der Waals surface area contributed by atoms with Crippen LogP contribution in [0.3, 0.4) is 0 Å². The van der Waals surface area contributed by atoms with Crippen LogP contribution in [0.1, 0.15) is 26.1 Å². The van der Waals surface area contributed by atoms with Crippen molar-refractivity contribution < 1.29 is 13.6 Å². The van der Waals surface area contributed by atoms with Crippen LogP contribution in [-0.2, 0) is 16.6 Å². The zero-order valence-corrected chi connectivity index (χ0v) is 12.8. The normalized spacial score (nSPS) is 23.4. The highest BCUT2D eigenvalue weighted by atomic mass is 32.2. The first kappa shape index (κ1) is 15.0. The Bertz CT molecular complexity index is 621. The molecule has 1 saturated heterocycles. The molecule has 0 bridgehead atoms. The molecule has 1 atom stereocenters. The van der Waals surface area contributed by atoms with Crippen molar-refractivity contribution in [3.05, 3.63) is 12.0 Å². The summed E-state index contributed by atoms with van der Waals surface area (Å²) in [4.78, 5) is 4.15. The van der Waals surface area contributed by atoms with Crippen molar-refractivity contribution in [2.24, 2.45) is 11.1 Å². The molecule has 112 valence electrons. The minimum Gasteiger partial charge on any atom is -0.411 e. The van der Waals surface area contributed by atoms with Gasteiger partial charge in [-0.1, -0.05) is 12.1 Å². The van der Waals surface area contributed by atoms with Crippen molar-refractivity contribution in [3.8, 4) is 0 Å². The lowest BCUT2D eigenvalue weighted by molar-refractivity contribution is 0.300. The number of sulfonamides is 1. The van der Waals surface area contributed by atoms with E-state index < -0.39 is 10.0 Å². The van der Waals surface area contributed by atoms with Crippen LogP contribution in [0.25, 0.3) is 0 Å². The summed E-state index contributed by atoms with van der Waals surface area (Å²) >= 11 is 0. The van der Waals surface area contributed by atoms with E-state index in [2.05, 4.69) is 10.1 Å². The minimum atomic E-state index is -3.57. The summed E-state index contributed by atoms with van der Waals surface area (Å²) in [5, 5.41) is 12.2. The van der Waals surface area contributed by atoms with Crippen LogP contribution in [0.15, 0.2) is 16.4 Å². The third-order valence-corrected chi connectivity index (χ3v) is 5.43. The van der Waals surface area contributed by atoms with Crippen LogP contribution in [0.4, 0.5) is 0 Å². The van der Waals surface area contributed by atoms with Crippen LogP contribution in [0.5, 0.6) is 0 Å². The van der Waals surface area contributed by atoms with E-state index in [-0.39, 0.29) is 10.9 Å². The van der Waals surface area contributed by atoms with Gasteiger partial charge < -0.3 is 9.77 Å². The Hall–Kier alpha value is -1.41. The number of rotatable bonds is 3. The molecule has 1 unspecified atom stereocenters. The predicted octanol–water partition coefficient (Wildman–Crippen LogP) is 1.07. The molecule has 1 aromatic rings. The molecule has 1 aliphatic rings. The predicted molar refractivity (Wildman–Crippen MR) is 74.4 cm³/mol. The molecule has 1 aromatic heterocycles. The van der Waals surface area contributed by atoms with Gasteiger partial charge >= 0.3 is 0 Å². The van der Waals surface area contributed by atoms with Crippen LogP contribution in [0.2, 0.25) is 0 Å². The maximum atomic E-state index is 12.6. The summed E-state index contributed by atoms with van der Waals surface area (Å²) in [6.07, 6.45) is 2.02. The molecule has 8 heteroatoms. The van der Waals surface area contributed by atoms with Crippen molar-refractivity contribution in [2.45, 2.75) is 38.8 Å². The van der Waals surface area contributed by atoms with E-state index in [1.165, 1.54) is 4.31 Å². The van der Waals surface area contributed by atoms with Crippen molar-refractivity contribution in [1.29, 1.82) is 0 Å². The molecule has 0 aliphatic carbocycles. The van der Waals surface area contributed by atoms with Crippen molar-refractivity contribution >= 4 is 15.7 Å². The Balaban J connectivity index is 2.27. The zero-order chi connectivity index (χ0) is 14.9. The number of piperidine rings is 1. The molecule has 1 aliphatic heterocycles. The van der Waals surface area contributed by atoms with Crippen molar-refractivity contribution in [2.75, 3.05) is 13.1 Å². The molecule has 7 nitrogen and oxygen atoms in total. The summed E-state index contributed by atoms with van der Waals surface area (Å²) in [7, 11) is -3.57. The molecule has 0 aromatic carbocycles. The van der Waals surface area contributed by atoms with Gasteiger partial charge in [-0.25, -0.2) is 13.4 Å². The topological polar surface area (TPSA) is 87.8 Å². The Morgan fingerprint density at radius 3 is 2.75 bits per heavy atom. The van der Waals surface area contributed by atoms with Gasteiger partial charge in [-0.05, 0) is 13.8 Å². The van der Waals surface area contributed by atoms with Gasteiger partial charge in [0.25, 0.3) is 10.0 Å². The first-order valence-electron chi connectivity index (χ1n) is 6.64. The average molecular weight is 300 g/mol. The van der Waals surface area contributed by atoms with Gasteiger partial charge in [0.05, 0.1) is 5.71 Å². The number of hydrogen-bond acceptors (Lipinski definition) is 5. The first-order chi connectivity index (χ1) is 9.40. The lowest BCUT2D eigenvalue weighted by Crippen LogP contribution is -2.43. The third kappa shape index (κ3) is 2.57. The van der Waals surface area contributed by atoms with Gasteiger partial charge in [-0.3, -0.25) is 0 Å². The molecular formula is C12H20N4O3S. The molecule has 2 heterocycles. The van der Waals surface area contributed by atoms with E-state index in [1.54, 1.807) is 17.7 Å². The van der Waals surface area contributed by atoms with Gasteiger partial charge in [0, 0.05) is 38.2 Å². The second-order valence-electron chi connectivity index (χ2n) is 5.02. The van der Waals surface area contributed by atoms with E-state index in [4.69, 9.17) is 5.21 Å². The lowest BCUT2D eigenvalue weighted by atomic mass is 10.00.